The molecular weight excluding hydrogens is 814 g/mol. The number of pyridine rings is 3. The number of aryl methyl sites for hydroxylation is 3. The highest BCUT2D eigenvalue weighted by molar-refractivity contribution is 7.15. The van der Waals surface area contributed by atoms with Gasteiger partial charge in [0.15, 0.2) is 0 Å². The van der Waals surface area contributed by atoms with Gasteiger partial charge < -0.3 is 16.0 Å². The molecule has 6 nitrogen and oxygen atoms in total. The van der Waals surface area contributed by atoms with Crippen molar-refractivity contribution in [1.82, 2.24) is 30.9 Å². The van der Waals surface area contributed by atoms with Crippen molar-refractivity contribution >= 4 is 34.0 Å². The molecule has 9 unspecified atom stereocenters. The molecule has 0 aromatic carbocycles. The first-order chi connectivity index (χ1) is 29.1. The van der Waals surface area contributed by atoms with Gasteiger partial charge in [0.1, 0.15) is 0 Å². The van der Waals surface area contributed by atoms with E-state index in [0.29, 0.717) is 70.7 Å². The minimum Gasteiger partial charge on any atom is -0.311 e. The molecule has 6 fully saturated rings. The number of thiophene rings is 3. The SMILES string of the molecule is Cc1ccc(-c2cc(C3CC4CCC3N4)cnc2F)s1.Cc1csc(-c2cc(C3CC4CCC3N4)cnc2F)c1.Cc1csc(-c2cc(C3CC4CCC3N4)cnc2F)c1. The number of halogens is 3. The number of nitrogens with one attached hydrogen (secondary N) is 3. The van der Waals surface area contributed by atoms with Gasteiger partial charge in [0.25, 0.3) is 0 Å². The lowest BCUT2D eigenvalue weighted by molar-refractivity contribution is 0.502. The minimum absolute atomic E-state index is 0.355. The minimum atomic E-state index is -0.355. The van der Waals surface area contributed by atoms with E-state index in [-0.39, 0.29) is 17.8 Å². The number of rotatable bonds is 6. The number of hydrogen-bond acceptors (Lipinski definition) is 9. The molecule has 0 aliphatic carbocycles. The maximum Gasteiger partial charge on any atom is 0.221 e. The standard InChI is InChI=1S/3C16H17FN2S/c1-9-2-5-15(20-9)13-6-10(8-18-16(13)17)12-7-11-3-4-14(12)19-11;2*1-9-4-15(20-8-9)13-5-10(7-18-16(13)17)12-6-11-2-3-14(12)19-11/h2,5-6,8,11-12,14,19H,3-4,7H2,1H3;2*4-5,7-8,11-12,14,19H,2-3,6H2,1H3. The Morgan fingerprint density at radius 1 is 0.500 bits per heavy atom. The normalized spacial score (nSPS) is 28.2. The third kappa shape index (κ3) is 8.16. The summed E-state index contributed by atoms with van der Waals surface area (Å²) in [7, 11) is 0. The van der Waals surface area contributed by atoms with Gasteiger partial charge in [0, 0.05) is 109 Å². The Hall–Kier alpha value is -3.78. The Morgan fingerprint density at radius 2 is 0.883 bits per heavy atom. The van der Waals surface area contributed by atoms with E-state index in [1.807, 2.05) is 63.2 Å². The third-order valence-corrected chi connectivity index (χ3v) is 17.0. The zero-order chi connectivity index (χ0) is 41.1. The first kappa shape index (κ1) is 40.3. The largest absolute Gasteiger partial charge is 0.311 e. The van der Waals surface area contributed by atoms with E-state index in [1.165, 1.54) is 90.5 Å². The first-order valence-electron chi connectivity index (χ1n) is 21.5. The van der Waals surface area contributed by atoms with Gasteiger partial charge in [-0.3, -0.25) is 0 Å². The maximum absolute atomic E-state index is 14.0. The van der Waals surface area contributed by atoms with Crippen molar-refractivity contribution < 1.29 is 13.2 Å². The molecule has 6 saturated heterocycles. The van der Waals surface area contributed by atoms with Crippen LogP contribution in [0.2, 0.25) is 0 Å². The quantitative estimate of drug-likeness (QED) is 0.145. The highest BCUT2D eigenvalue weighted by Crippen LogP contribution is 2.44. The molecule has 0 spiro atoms. The van der Waals surface area contributed by atoms with Gasteiger partial charge in [-0.15, -0.1) is 34.0 Å². The fourth-order valence-electron chi connectivity index (χ4n) is 10.8. The zero-order valence-electron chi connectivity index (χ0n) is 34.2. The Morgan fingerprint density at radius 3 is 1.17 bits per heavy atom. The molecule has 6 aliphatic rings. The fourth-order valence-corrected chi connectivity index (χ4v) is 13.5. The summed E-state index contributed by atoms with van der Waals surface area (Å²) in [5, 5.41) is 15.0. The second-order valence-electron chi connectivity index (χ2n) is 17.9. The van der Waals surface area contributed by atoms with Crippen molar-refractivity contribution in [1.29, 1.82) is 0 Å². The third-order valence-electron chi connectivity index (χ3n) is 13.8. The van der Waals surface area contributed by atoms with Gasteiger partial charge in [-0.1, -0.05) is 0 Å². The molecule has 12 heterocycles. The van der Waals surface area contributed by atoms with Crippen LogP contribution in [0.25, 0.3) is 31.3 Å². The molecular formula is C48H51F3N6S3. The van der Waals surface area contributed by atoms with Gasteiger partial charge in [-0.2, -0.15) is 13.2 Å². The number of nitrogens with zero attached hydrogens (tertiary/aromatic N) is 3. The highest BCUT2D eigenvalue weighted by Gasteiger charge is 2.42. The van der Waals surface area contributed by atoms with Gasteiger partial charge in [-0.05, 0) is 160 Å². The van der Waals surface area contributed by atoms with E-state index in [9.17, 15) is 13.2 Å². The summed E-state index contributed by atoms with van der Waals surface area (Å²) in [6.45, 7) is 6.12. The van der Waals surface area contributed by atoms with Gasteiger partial charge in [0.05, 0.1) is 0 Å². The molecule has 0 radical (unpaired) electrons. The summed E-state index contributed by atoms with van der Waals surface area (Å²) < 4.78 is 42.1. The Bertz CT molecular complexity index is 2230. The van der Waals surface area contributed by atoms with Gasteiger partial charge in [0.2, 0.25) is 17.8 Å². The Labute approximate surface area is 362 Å². The fraction of sp³-hybridized carbons (Fsp3) is 0.438. The lowest BCUT2D eigenvalue weighted by Gasteiger charge is -2.20. The number of hydrogen-bond donors (Lipinski definition) is 3. The van der Waals surface area contributed by atoms with Crippen LogP contribution >= 0.6 is 34.0 Å². The summed E-state index contributed by atoms with van der Waals surface area (Å²) in [6.07, 6.45) is 16.3. The van der Waals surface area contributed by atoms with E-state index in [1.54, 1.807) is 52.6 Å². The van der Waals surface area contributed by atoms with E-state index in [2.05, 4.69) is 41.7 Å². The molecule has 312 valence electrons. The Balaban J connectivity index is 0.000000108. The highest BCUT2D eigenvalue weighted by atomic mass is 32.1. The van der Waals surface area contributed by atoms with Crippen molar-refractivity contribution in [2.24, 2.45) is 0 Å². The predicted molar refractivity (Wildman–Crippen MR) is 239 cm³/mol. The van der Waals surface area contributed by atoms with Crippen LogP contribution < -0.4 is 16.0 Å². The van der Waals surface area contributed by atoms with E-state index >= 15 is 0 Å². The van der Waals surface area contributed by atoms with E-state index < -0.39 is 0 Å². The molecule has 3 N–H and O–H groups in total. The summed E-state index contributed by atoms with van der Waals surface area (Å²) >= 11 is 4.80. The number of aromatic nitrogens is 3. The van der Waals surface area contributed by atoms with Crippen LogP contribution in [0.1, 0.15) is 108 Å². The average Bonchev–Trinajstić information content (AvgIpc) is 4.11. The maximum atomic E-state index is 14.0. The second kappa shape index (κ2) is 16.8. The van der Waals surface area contributed by atoms with Gasteiger partial charge in [-0.25, -0.2) is 15.0 Å². The van der Waals surface area contributed by atoms with Crippen LogP contribution in [0.15, 0.2) is 71.8 Å². The van der Waals surface area contributed by atoms with Crippen LogP contribution in [-0.2, 0) is 0 Å². The molecule has 0 amide bonds. The molecule has 6 aromatic heterocycles. The van der Waals surface area contributed by atoms with E-state index in [0.717, 1.165) is 14.6 Å². The van der Waals surface area contributed by atoms with E-state index in [4.69, 9.17) is 0 Å². The van der Waals surface area contributed by atoms with Crippen molar-refractivity contribution in [3.63, 3.8) is 0 Å². The van der Waals surface area contributed by atoms with Crippen molar-refractivity contribution in [3.8, 4) is 31.3 Å². The zero-order valence-corrected chi connectivity index (χ0v) is 36.6. The van der Waals surface area contributed by atoms with Crippen molar-refractivity contribution in [2.45, 2.75) is 133 Å². The molecule has 12 rings (SSSR count). The summed E-state index contributed by atoms with van der Waals surface area (Å²) in [6, 6.07) is 17.8. The molecule has 60 heavy (non-hydrogen) atoms. The lowest BCUT2D eigenvalue weighted by atomic mass is 9.84. The van der Waals surface area contributed by atoms with Gasteiger partial charge >= 0.3 is 0 Å². The van der Waals surface area contributed by atoms with Crippen LogP contribution in [-0.4, -0.2) is 51.2 Å². The van der Waals surface area contributed by atoms with Crippen LogP contribution in [0.3, 0.4) is 0 Å². The van der Waals surface area contributed by atoms with Crippen LogP contribution in [0.4, 0.5) is 13.2 Å². The molecule has 6 aliphatic heterocycles. The average molecular weight is 865 g/mol. The summed E-state index contributed by atoms with van der Waals surface area (Å²) in [4.78, 5) is 16.1. The molecule has 6 bridgehead atoms. The molecule has 9 atom stereocenters. The molecule has 0 saturated carbocycles. The first-order valence-corrected chi connectivity index (χ1v) is 24.1. The smallest absolute Gasteiger partial charge is 0.221 e. The van der Waals surface area contributed by atoms with Crippen LogP contribution in [0.5, 0.6) is 0 Å². The summed E-state index contributed by atoms with van der Waals surface area (Å²) in [5.41, 5.74) is 7.88. The lowest BCUT2D eigenvalue weighted by Crippen LogP contribution is -2.21. The Kier molecular flexibility index (Phi) is 11.3. The topological polar surface area (TPSA) is 74.8 Å². The molecule has 6 aromatic rings. The second-order valence-corrected chi connectivity index (χ2v) is 21.0. The number of fused-ring (bicyclic) bond motifs is 6. The van der Waals surface area contributed by atoms with Crippen molar-refractivity contribution in [2.75, 3.05) is 0 Å². The summed E-state index contributed by atoms with van der Waals surface area (Å²) in [5.74, 6) is 0.440. The predicted octanol–water partition coefficient (Wildman–Crippen LogP) is 11.6. The molecule has 12 heteroatoms. The van der Waals surface area contributed by atoms with Crippen LogP contribution in [0, 0.1) is 38.6 Å². The monoisotopic (exact) mass is 864 g/mol. The van der Waals surface area contributed by atoms with Crippen molar-refractivity contribution in [3.05, 3.63) is 122 Å².